The van der Waals surface area contributed by atoms with E-state index >= 15 is 0 Å². The smallest absolute Gasteiger partial charge is 0.126 e. The summed E-state index contributed by atoms with van der Waals surface area (Å²) >= 11 is 0. The molecule has 2 saturated heterocycles. The summed E-state index contributed by atoms with van der Waals surface area (Å²) in [5.41, 5.74) is 2.36. The number of carbonyl (C=O) groups excluding carboxylic acids is 1. The second kappa shape index (κ2) is 10.2. The van der Waals surface area contributed by atoms with E-state index in [1.165, 1.54) is 33.7 Å². The van der Waals surface area contributed by atoms with Gasteiger partial charge in [0.2, 0.25) is 0 Å². The summed E-state index contributed by atoms with van der Waals surface area (Å²) in [5, 5.41) is 2.75. The van der Waals surface area contributed by atoms with Gasteiger partial charge in [-0.05, 0) is 64.9 Å². The molecule has 2 rings (SSSR count). The van der Waals surface area contributed by atoms with Gasteiger partial charge in [0.05, 0.1) is 0 Å². The zero-order chi connectivity index (χ0) is 12.4. The molecule has 0 saturated carbocycles. The maximum atomic E-state index is 9.44. The first-order valence-electron chi connectivity index (χ1n) is 6.41. The fraction of sp³-hybridized carbons (Fsp3) is 0.923. The number of nitrogens with one attached hydrogen (secondary N) is 1. The number of rotatable bonds is 0. The molecule has 0 atom stereocenters. The number of Topliss-reactive ketones (excluding diaryl/α,β-unsaturated/α-hetero) is 1. The van der Waals surface area contributed by atoms with Crippen molar-refractivity contribution in [2.24, 2.45) is 0 Å². The van der Waals surface area contributed by atoms with E-state index in [1.807, 2.05) is 14.1 Å². The van der Waals surface area contributed by atoms with E-state index in [0.29, 0.717) is 0 Å². The summed E-state index contributed by atoms with van der Waals surface area (Å²) in [6.45, 7) is 3.06. The van der Waals surface area contributed by atoms with Gasteiger partial charge in [0.15, 0.2) is 0 Å². The molecule has 2 aliphatic rings. The van der Waals surface area contributed by atoms with Gasteiger partial charge in [-0.1, -0.05) is 12.8 Å². The molecular weight excluding hydrogens is 217 g/mol. The molecule has 1 N–H and O–H groups in total. The fourth-order valence-electron chi connectivity index (χ4n) is 2.18. The Morgan fingerprint density at radius 3 is 1.44 bits per heavy atom. The number of hydrogen-bond donors (Lipinski definition) is 1. The molecule has 0 radical (unpaired) electrons. The second-order valence-electron chi connectivity index (χ2n) is 4.83. The largest absolute Gasteiger partial charge is 0.323 e. The zero-order valence-corrected chi connectivity index (χ0v) is 12.3. The molecule has 2 bridgehead atoms. The summed E-state index contributed by atoms with van der Waals surface area (Å²) in [4.78, 5) is 9.44. The topological polar surface area (TPSA) is 29.1 Å². The zero-order valence-electron chi connectivity index (χ0n) is 11.3. The lowest BCUT2D eigenvalue weighted by Gasteiger charge is -2.34. The first-order chi connectivity index (χ1) is 7.60. The lowest BCUT2D eigenvalue weighted by molar-refractivity contribution is -0.114. The molecule has 2 aliphatic heterocycles. The van der Waals surface area contributed by atoms with Crippen LogP contribution in [-0.2, 0) is 4.79 Å². The Balaban J connectivity index is 0.000000275. The van der Waals surface area contributed by atoms with Crippen LogP contribution in [0.3, 0.4) is 0 Å². The van der Waals surface area contributed by atoms with Crippen molar-refractivity contribution in [3.63, 3.8) is 0 Å². The molecular formula is C13H28NOP. The molecule has 3 heteroatoms. The number of carbonyl (C=O) groups is 1. The summed E-state index contributed by atoms with van der Waals surface area (Å²) in [6, 6.07) is 0. The lowest BCUT2D eigenvalue weighted by atomic mass is 9.99. The van der Waals surface area contributed by atoms with Crippen LogP contribution in [0, 0.1) is 0 Å². The Morgan fingerprint density at radius 2 is 1.25 bits per heavy atom. The molecule has 0 amide bonds. The molecule has 0 unspecified atom stereocenters. The standard InChI is InChI=1S/C8H15P.C3H6O.C2H7N/c1-3-7-5-2-6-8(4-1)9-7;1-3(2)4;1-3-2/h7-9H,1-6H2;1-2H3;3H,1-2H3. The highest BCUT2D eigenvalue weighted by molar-refractivity contribution is 7.39. The second-order valence-corrected chi connectivity index (χ2v) is 6.80. The maximum absolute atomic E-state index is 9.44. The van der Waals surface area contributed by atoms with E-state index in [9.17, 15) is 4.79 Å². The molecule has 2 nitrogen and oxygen atoms in total. The van der Waals surface area contributed by atoms with Gasteiger partial charge in [-0.25, -0.2) is 0 Å². The minimum atomic E-state index is 0.167. The van der Waals surface area contributed by atoms with Crippen molar-refractivity contribution in [3.8, 4) is 0 Å². The van der Waals surface area contributed by atoms with Gasteiger partial charge in [0, 0.05) is 0 Å². The first kappa shape index (κ1) is 16.1. The predicted molar refractivity (Wildman–Crippen MR) is 74.9 cm³/mol. The van der Waals surface area contributed by atoms with E-state index in [1.54, 1.807) is 38.5 Å². The van der Waals surface area contributed by atoms with Gasteiger partial charge in [-0.3, -0.25) is 0 Å². The third-order valence-corrected chi connectivity index (χ3v) is 4.78. The van der Waals surface area contributed by atoms with Crippen LogP contribution in [0.4, 0.5) is 0 Å². The van der Waals surface area contributed by atoms with Crippen LogP contribution in [0.15, 0.2) is 0 Å². The molecule has 2 heterocycles. The number of ketones is 1. The van der Waals surface area contributed by atoms with Crippen LogP contribution in [0.25, 0.3) is 0 Å². The van der Waals surface area contributed by atoms with Crippen LogP contribution in [0.1, 0.15) is 52.4 Å². The quantitative estimate of drug-likeness (QED) is 0.664. The van der Waals surface area contributed by atoms with Gasteiger partial charge in [0.1, 0.15) is 5.78 Å². The minimum absolute atomic E-state index is 0.167. The van der Waals surface area contributed by atoms with Crippen molar-refractivity contribution >= 4 is 14.4 Å². The van der Waals surface area contributed by atoms with Crippen molar-refractivity contribution in [2.75, 3.05) is 14.1 Å². The summed E-state index contributed by atoms with van der Waals surface area (Å²) in [5.74, 6) is 0.167. The molecule has 0 aromatic heterocycles. The van der Waals surface area contributed by atoms with Crippen LogP contribution in [0.2, 0.25) is 0 Å². The molecule has 0 aromatic rings. The molecule has 0 aromatic carbocycles. The van der Waals surface area contributed by atoms with Crippen molar-refractivity contribution in [3.05, 3.63) is 0 Å². The Morgan fingerprint density at radius 1 is 1.00 bits per heavy atom. The molecule has 0 spiro atoms. The van der Waals surface area contributed by atoms with Gasteiger partial charge < -0.3 is 10.1 Å². The van der Waals surface area contributed by atoms with Gasteiger partial charge >= 0.3 is 0 Å². The minimum Gasteiger partial charge on any atom is -0.323 e. The van der Waals surface area contributed by atoms with Gasteiger partial charge in [0.25, 0.3) is 0 Å². The summed E-state index contributed by atoms with van der Waals surface area (Å²) in [6.07, 6.45) is 9.35. The van der Waals surface area contributed by atoms with E-state index in [0.717, 1.165) is 0 Å². The van der Waals surface area contributed by atoms with Crippen LogP contribution < -0.4 is 5.32 Å². The Kier molecular flexibility index (Phi) is 10.3. The Bertz CT molecular complexity index is 161. The number of hydrogen-bond acceptors (Lipinski definition) is 2. The molecule has 0 aliphatic carbocycles. The van der Waals surface area contributed by atoms with E-state index < -0.39 is 0 Å². The molecule has 16 heavy (non-hydrogen) atoms. The SMILES string of the molecule is C1CC2CCCC(C1)P2.CC(C)=O.CNC. The van der Waals surface area contributed by atoms with Crippen molar-refractivity contribution in [2.45, 2.75) is 63.7 Å². The summed E-state index contributed by atoms with van der Waals surface area (Å²) < 4.78 is 0. The van der Waals surface area contributed by atoms with Crippen molar-refractivity contribution in [1.29, 1.82) is 0 Å². The third kappa shape index (κ3) is 9.30. The van der Waals surface area contributed by atoms with Crippen molar-refractivity contribution < 1.29 is 4.79 Å². The van der Waals surface area contributed by atoms with E-state index in [4.69, 9.17) is 0 Å². The average molecular weight is 245 g/mol. The summed E-state index contributed by atoms with van der Waals surface area (Å²) in [7, 11) is 5.10. The van der Waals surface area contributed by atoms with Gasteiger partial charge in [-0.2, -0.15) is 0 Å². The fourth-order valence-corrected chi connectivity index (χ4v) is 4.33. The van der Waals surface area contributed by atoms with E-state index in [2.05, 4.69) is 5.32 Å². The lowest BCUT2D eigenvalue weighted by Crippen LogP contribution is -2.20. The van der Waals surface area contributed by atoms with Crippen LogP contribution in [0.5, 0.6) is 0 Å². The van der Waals surface area contributed by atoms with E-state index in [-0.39, 0.29) is 5.78 Å². The Labute approximate surface area is 103 Å². The average Bonchev–Trinajstić information content (AvgIpc) is 2.18. The highest BCUT2D eigenvalue weighted by Gasteiger charge is 2.25. The monoisotopic (exact) mass is 245 g/mol. The van der Waals surface area contributed by atoms with Crippen LogP contribution in [-0.4, -0.2) is 31.2 Å². The van der Waals surface area contributed by atoms with Crippen LogP contribution >= 0.6 is 8.58 Å². The first-order valence-corrected chi connectivity index (χ1v) is 7.57. The van der Waals surface area contributed by atoms with Gasteiger partial charge in [-0.15, -0.1) is 8.58 Å². The molecule has 96 valence electrons. The predicted octanol–water partition coefficient (Wildman–Crippen LogP) is 3.20. The maximum Gasteiger partial charge on any atom is 0.126 e. The normalized spacial score (nSPS) is 28.2. The number of fused-ring (bicyclic) bond motifs is 2. The Hall–Kier alpha value is 0.0600. The van der Waals surface area contributed by atoms with Crippen molar-refractivity contribution in [1.82, 2.24) is 5.32 Å². The molecule has 2 fully saturated rings. The highest BCUT2D eigenvalue weighted by atomic mass is 31.1. The third-order valence-electron chi connectivity index (χ3n) is 2.68. The highest BCUT2D eigenvalue weighted by Crippen LogP contribution is 2.45.